The van der Waals surface area contributed by atoms with Crippen molar-refractivity contribution in [2.24, 2.45) is 0 Å². The predicted molar refractivity (Wildman–Crippen MR) is 95.6 cm³/mol. The number of hydrogen-bond donors (Lipinski definition) is 1. The zero-order valence-electron chi connectivity index (χ0n) is 14.9. The van der Waals surface area contributed by atoms with E-state index in [2.05, 4.69) is 22.2 Å². The first-order valence-electron chi connectivity index (χ1n) is 8.96. The molecule has 25 heavy (non-hydrogen) atoms. The van der Waals surface area contributed by atoms with Gasteiger partial charge in [0.25, 0.3) is 0 Å². The molecular formula is C19H25N3O3. The fraction of sp³-hybridized carbons (Fsp3) is 0.526. The third-order valence-electron chi connectivity index (χ3n) is 4.43. The summed E-state index contributed by atoms with van der Waals surface area (Å²) in [5.74, 6) is 1.39. The summed E-state index contributed by atoms with van der Waals surface area (Å²) in [6.45, 7) is 5.04. The number of hydrogen-bond acceptors (Lipinski definition) is 5. The number of nitrogens with one attached hydrogen (secondary N) is 1. The van der Waals surface area contributed by atoms with Crippen molar-refractivity contribution in [3.8, 4) is 5.75 Å². The molecule has 0 saturated carbocycles. The van der Waals surface area contributed by atoms with Crippen molar-refractivity contribution in [2.45, 2.75) is 51.5 Å². The zero-order chi connectivity index (χ0) is 17.7. The van der Waals surface area contributed by atoms with E-state index in [1.165, 1.54) is 25.7 Å². The van der Waals surface area contributed by atoms with E-state index in [0.717, 1.165) is 29.7 Å². The number of amides is 1. The van der Waals surface area contributed by atoms with Crippen LogP contribution in [-0.2, 0) is 10.3 Å². The molecule has 3 rings (SSSR count). The van der Waals surface area contributed by atoms with Gasteiger partial charge in [0.05, 0.1) is 12.1 Å². The van der Waals surface area contributed by atoms with Gasteiger partial charge in [0.2, 0.25) is 0 Å². The fourth-order valence-electron chi connectivity index (χ4n) is 2.89. The van der Waals surface area contributed by atoms with Gasteiger partial charge in [-0.3, -0.25) is 0 Å². The summed E-state index contributed by atoms with van der Waals surface area (Å²) in [4.78, 5) is 20.3. The van der Waals surface area contributed by atoms with Gasteiger partial charge in [0.1, 0.15) is 17.9 Å². The van der Waals surface area contributed by atoms with E-state index in [4.69, 9.17) is 9.47 Å². The second-order valence-electron chi connectivity index (χ2n) is 6.71. The minimum absolute atomic E-state index is 0.233. The Morgan fingerprint density at radius 3 is 2.88 bits per heavy atom. The Labute approximate surface area is 147 Å². The minimum Gasteiger partial charge on any atom is -0.494 e. The maximum absolute atomic E-state index is 11.3. The van der Waals surface area contributed by atoms with E-state index in [-0.39, 0.29) is 6.61 Å². The Kier molecular flexibility index (Phi) is 5.36. The average Bonchev–Trinajstić information content (AvgIpc) is 2.97. The first kappa shape index (κ1) is 17.5. The molecule has 1 aromatic heterocycles. The molecule has 0 radical (unpaired) electrons. The van der Waals surface area contributed by atoms with Gasteiger partial charge >= 0.3 is 6.09 Å². The number of cyclic esters (lactones) is 1. The molecule has 2 heterocycles. The van der Waals surface area contributed by atoms with Crippen LogP contribution in [0, 0.1) is 0 Å². The topological polar surface area (TPSA) is 73.3 Å². The van der Waals surface area contributed by atoms with Crippen LogP contribution in [0.2, 0.25) is 0 Å². The van der Waals surface area contributed by atoms with Crippen LogP contribution >= 0.6 is 0 Å². The van der Waals surface area contributed by atoms with Gasteiger partial charge in [-0.05, 0) is 31.5 Å². The predicted octanol–water partition coefficient (Wildman–Crippen LogP) is 3.93. The van der Waals surface area contributed by atoms with E-state index in [1.807, 2.05) is 25.1 Å². The molecule has 1 aliphatic rings. The molecule has 0 unspecified atom stereocenters. The Morgan fingerprint density at radius 1 is 1.28 bits per heavy atom. The Bertz CT molecular complexity index is 750. The van der Waals surface area contributed by atoms with Crippen molar-refractivity contribution < 1.29 is 14.3 Å². The van der Waals surface area contributed by atoms with E-state index in [0.29, 0.717) is 5.82 Å². The van der Waals surface area contributed by atoms with E-state index in [1.54, 1.807) is 6.20 Å². The zero-order valence-corrected chi connectivity index (χ0v) is 14.9. The quantitative estimate of drug-likeness (QED) is 0.735. The fourth-order valence-corrected chi connectivity index (χ4v) is 2.89. The molecule has 1 N–H and O–H groups in total. The van der Waals surface area contributed by atoms with Crippen LogP contribution in [0.15, 0.2) is 24.4 Å². The summed E-state index contributed by atoms with van der Waals surface area (Å²) in [7, 11) is 0. The van der Waals surface area contributed by atoms with Crippen molar-refractivity contribution >= 4 is 17.0 Å². The molecule has 2 aromatic rings. The van der Waals surface area contributed by atoms with Crippen molar-refractivity contribution in [2.75, 3.05) is 13.2 Å². The van der Waals surface area contributed by atoms with Gasteiger partial charge in [-0.1, -0.05) is 32.6 Å². The average molecular weight is 343 g/mol. The Hall–Kier alpha value is -2.37. The number of nitrogens with zero attached hydrogens (tertiary/aromatic N) is 2. The molecule has 0 spiro atoms. The molecule has 134 valence electrons. The third-order valence-corrected chi connectivity index (χ3v) is 4.43. The highest BCUT2D eigenvalue weighted by molar-refractivity contribution is 5.79. The van der Waals surface area contributed by atoms with E-state index >= 15 is 0 Å². The highest BCUT2D eigenvalue weighted by Gasteiger charge is 2.39. The summed E-state index contributed by atoms with van der Waals surface area (Å²) in [6, 6.07) is 5.81. The van der Waals surface area contributed by atoms with Crippen molar-refractivity contribution in [1.82, 2.24) is 15.3 Å². The smallest absolute Gasteiger partial charge is 0.408 e. The maximum atomic E-state index is 11.3. The number of benzene rings is 1. The molecule has 1 amide bonds. The summed E-state index contributed by atoms with van der Waals surface area (Å²) < 4.78 is 10.8. The van der Waals surface area contributed by atoms with E-state index in [9.17, 15) is 4.79 Å². The number of unbranched alkanes of at least 4 members (excludes halogenated alkanes) is 4. The van der Waals surface area contributed by atoms with Crippen molar-refractivity contribution in [1.29, 1.82) is 0 Å². The highest BCUT2D eigenvalue weighted by Crippen LogP contribution is 2.25. The van der Waals surface area contributed by atoms with Crippen LogP contribution in [0.5, 0.6) is 5.75 Å². The lowest BCUT2D eigenvalue weighted by Gasteiger charge is -2.19. The van der Waals surface area contributed by atoms with Crippen LogP contribution in [0.3, 0.4) is 0 Å². The SMILES string of the molecule is CCCCCCCOc1ccc2nc([C@]3(C)COC(=O)N3)ncc2c1. The summed E-state index contributed by atoms with van der Waals surface area (Å²) in [5, 5.41) is 3.68. The van der Waals surface area contributed by atoms with Gasteiger partial charge in [0.15, 0.2) is 5.82 Å². The van der Waals surface area contributed by atoms with Crippen LogP contribution in [0.4, 0.5) is 4.79 Å². The molecule has 6 heteroatoms. The summed E-state index contributed by atoms with van der Waals surface area (Å²) >= 11 is 0. The number of carbonyl (C=O) groups is 1. The number of fused-ring (bicyclic) bond motifs is 1. The van der Waals surface area contributed by atoms with Crippen molar-refractivity contribution in [3.63, 3.8) is 0 Å². The molecule has 1 atom stereocenters. The Morgan fingerprint density at radius 2 is 2.12 bits per heavy atom. The first-order chi connectivity index (χ1) is 12.1. The molecule has 1 aromatic carbocycles. The third kappa shape index (κ3) is 4.18. The molecule has 1 saturated heterocycles. The summed E-state index contributed by atoms with van der Waals surface area (Å²) in [5.41, 5.74) is 0.140. The number of alkyl carbamates (subject to hydrolysis) is 1. The summed E-state index contributed by atoms with van der Waals surface area (Å²) in [6.07, 6.45) is 7.43. The maximum Gasteiger partial charge on any atom is 0.408 e. The molecule has 1 fully saturated rings. The largest absolute Gasteiger partial charge is 0.494 e. The monoisotopic (exact) mass is 343 g/mol. The van der Waals surface area contributed by atoms with Crippen LogP contribution in [0.1, 0.15) is 51.8 Å². The van der Waals surface area contributed by atoms with Crippen LogP contribution in [0.25, 0.3) is 10.9 Å². The van der Waals surface area contributed by atoms with Gasteiger partial charge in [-0.15, -0.1) is 0 Å². The molecule has 6 nitrogen and oxygen atoms in total. The lowest BCUT2D eigenvalue weighted by molar-refractivity contribution is 0.172. The van der Waals surface area contributed by atoms with Gasteiger partial charge in [0, 0.05) is 11.6 Å². The number of carbonyl (C=O) groups excluding carboxylic acids is 1. The second-order valence-corrected chi connectivity index (χ2v) is 6.71. The number of rotatable bonds is 8. The lowest BCUT2D eigenvalue weighted by Crippen LogP contribution is -2.39. The lowest BCUT2D eigenvalue weighted by atomic mass is 10.0. The van der Waals surface area contributed by atoms with Gasteiger partial charge < -0.3 is 14.8 Å². The highest BCUT2D eigenvalue weighted by atomic mass is 16.6. The van der Waals surface area contributed by atoms with Crippen molar-refractivity contribution in [3.05, 3.63) is 30.2 Å². The number of aromatic nitrogens is 2. The van der Waals surface area contributed by atoms with Gasteiger partial charge in [-0.25, -0.2) is 14.8 Å². The number of ether oxygens (including phenoxy) is 2. The van der Waals surface area contributed by atoms with Crippen LogP contribution < -0.4 is 10.1 Å². The Balaban J connectivity index is 1.64. The molecule has 1 aliphatic heterocycles. The van der Waals surface area contributed by atoms with Crippen LogP contribution in [-0.4, -0.2) is 29.3 Å². The molecule has 0 bridgehead atoms. The van der Waals surface area contributed by atoms with E-state index < -0.39 is 11.6 Å². The first-order valence-corrected chi connectivity index (χ1v) is 8.96. The standard InChI is InChI=1S/C19H25N3O3/c1-3-4-5-6-7-10-24-15-8-9-16-14(11-15)12-20-17(21-16)19(2)13-25-18(23)22-19/h8-9,11-12H,3-7,10,13H2,1-2H3,(H,22,23)/t19-/m0/s1. The molecular weight excluding hydrogens is 318 g/mol. The second kappa shape index (κ2) is 7.68. The molecule has 0 aliphatic carbocycles. The normalized spacial score (nSPS) is 19.7. The van der Waals surface area contributed by atoms with Gasteiger partial charge in [-0.2, -0.15) is 0 Å². The minimum atomic E-state index is -0.682.